The van der Waals surface area contributed by atoms with Crippen LogP contribution in [0.25, 0.3) is 11.0 Å². The van der Waals surface area contributed by atoms with E-state index in [2.05, 4.69) is 24.0 Å². The van der Waals surface area contributed by atoms with Crippen LogP contribution >= 0.6 is 23.6 Å². The lowest BCUT2D eigenvalue weighted by molar-refractivity contribution is 0.637. The zero-order valence-electron chi connectivity index (χ0n) is 10.4. The van der Waals surface area contributed by atoms with Crippen LogP contribution in [-0.2, 0) is 13.0 Å². The van der Waals surface area contributed by atoms with Crippen LogP contribution < -0.4 is 0 Å². The molecule has 1 N–H and O–H groups in total. The van der Waals surface area contributed by atoms with Crippen LogP contribution in [0.15, 0.2) is 30.3 Å². The van der Waals surface area contributed by atoms with Crippen molar-refractivity contribution in [2.75, 3.05) is 0 Å². The molecule has 2 aromatic heterocycles. The van der Waals surface area contributed by atoms with Gasteiger partial charge in [0.15, 0.2) is 4.77 Å². The molecule has 5 heteroatoms. The molecule has 2 heterocycles. The molecule has 0 amide bonds. The van der Waals surface area contributed by atoms with Gasteiger partial charge in [-0.15, -0.1) is 11.3 Å². The molecule has 19 heavy (non-hydrogen) atoms. The smallest absolute Gasteiger partial charge is 0.178 e. The number of aromatic nitrogens is 2. The zero-order chi connectivity index (χ0) is 13.4. The topological polar surface area (TPSA) is 20.7 Å². The van der Waals surface area contributed by atoms with E-state index in [4.69, 9.17) is 12.2 Å². The first kappa shape index (κ1) is 12.6. The number of aromatic amines is 1. The number of nitrogens with one attached hydrogen (secondary N) is 1. The number of benzene rings is 1. The van der Waals surface area contributed by atoms with Crippen molar-refractivity contribution in [2.24, 2.45) is 0 Å². The van der Waals surface area contributed by atoms with Crippen LogP contribution in [0, 0.1) is 10.6 Å². The van der Waals surface area contributed by atoms with E-state index in [0.717, 1.165) is 11.9 Å². The first-order valence-electron chi connectivity index (χ1n) is 6.13. The molecule has 0 unspecified atom stereocenters. The second-order valence-electron chi connectivity index (χ2n) is 4.37. The van der Waals surface area contributed by atoms with Gasteiger partial charge in [0.25, 0.3) is 0 Å². The molecule has 0 spiro atoms. The van der Waals surface area contributed by atoms with Crippen molar-refractivity contribution in [3.8, 4) is 0 Å². The van der Waals surface area contributed by atoms with Gasteiger partial charge in [-0.25, -0.2) is 4.39 Å². The Labute approximate surface area is 119 Å². The molecule has 0 radical (unpaired) electrons. The standard InChI is InChI=1S/C14H13FN2S2/c1-2-9-6-7-10(19-9)8-17-12-5-3-4-11(15)13(12)16-14(17)18/h3-7H,2,8H2,1H3,(H,16,18). The van der Waals surface area contributed by atoms with Crippen LogP contribution in [0.5, 0.6) is 0 Å². The third kappa shape index (κ3) is 2.24. The van der Waals surface area contributed by atoms with Crippen LogP contribution in [0.4, 0.5) is 4.39 Å². The van der Waals surface area contributed by atoms with E-state index in [1.807, 2.05) is 10.6 Å². The van der Waals surface area contributed by atoms with Crippen molar-refractivity contribution in [3.63, 3.8) is 0 Å². The Hall–Kier alpha value is -1.46. The van der Waals surface area contributed by atoms with Gasteiger partial charge in [0.2, 0.25) is 0 Å². The number of hydrogen-bond donors (Lipinski definition) is 1. The van der Waals surface area contributed by atoms with E-state index >= 15 is 0 Å². The van der Waals surface area contributed by atoms with Gasteiger partial charge < -0.3 is 9.55 Å². The Morgan fingerprint density at radius 3 is 2.79 bits per heavy atom. The van der Waals surface area contributed by atoms with Crippen LogP contribution in [-0.4, -0.2) is 9.55 Å². The van der Waals surface area contributed by atoms with Crippen LogP contribution in [0.1, 0.15) is 16.7 Å². The molecule has 0 atom stereocenters. The summed E-state index contributed by atoms with van der Waals surface area (Å²) in [6.07, 6.45) is 1.04. The minimum atomic E-state index is -0.261. The maximum atomic E-state index is 13.7. The fraction of sp³-hybridized carbons (Fsp3) is 0.214. The number of H-pyrrole nitrogens is 1. The number of rotatable bonds is 3. The van der Waals surface area contributed by atoms with E-state index in [1.54, 1.807) is 17.4 Å². The normalized spacial score (nSPS) is 11.3. The van der Waals surface area contributed by atoms with Crippen molar-refractivity contribution in [1.29, 1.82) is 0 Å². The van der Waals surface area contributed by atoms with Gasteiger partial charge in [-0.3, -0.25) is 0 Å². The van der Waals surface area contributed by atoms with Crippen molar-refractivity contribution < 1.29 is 4.39 Å². The summed E-state index contributed by atoms with van der Waals surface area (Å²) >= 11 is 7.07. The highest BCUT2D eigenvalue weighted by atomic mass is 32.1. The van der Waals surface area contributed by atoms with Gasteiger partial charge in [-0.1, -0.05) is 13.0 Å². The number of thiophene rings is 1. The fourth-order valence-corrected chi connectivity index (χ4v) is 3.37. The molecule has 0 saturated carbocycles. The SMILES string of the molecule is CCc1ccc(Cn2c(=S)[nH]c3c(F)cccc32)s1. The lowest BCUT2D eigenvalue weighted by atomic mass is 10.3. The first-order valence-corrected chi connectivity index (χ1v) is 7.36. The molecule has 0 saturated heterocycles. The molecule has 0 fully saturated rings. The average molecular weight is 292 g/mol. The Morgan fingerprint density at radius 2 is 2.05 bits per heavy atom. The molecular formula is C14H13FN2S2. The molecule has 0 aliphatic heterocycles. The van der Waals surface area contributed by atoms with Crippen molar-refractivity contribution in [3.05, 3.63) is 50.7 Å². The van der Waals surface area contributed by atoms with Gasteiger partial charge in [-0.05, 0) is 42.9 Å². The van der Waals surface area contributed by atoms with E-state index < -0.39 is 0 Å². The summed E-state index contributed by atoms with van der Waals surface area (Å²) in [6, 6.07) is 9.29. The van der Waals surface area contributed by atoms with Crippen LogP contribution in [0.2, 0.25) is 0 Å². The van der Waals surface area contributed by atoms with Crippen LogP contribution in [0.3, 0.4) is 0 Å². The lowest BCUT2D eigenvalue weighted by Crippen LogP contribution is -1.97. The highest BCUT2D eigenvalue weighted by Gasteiger charge is 2.09. The van der Waals surface area contributed by atoms with E-state index in [1.165, 1.54) is 15.8 Å². The Morgan fingerprint density at radius 1 is 1.26 bits per heavy atom. The zero-order valence-corrected chi connectivity index (χ0v) is 12.1. The molecular weight excluding hydrogens is 279 g/mol. The summed E-state index contributed by atoms with van der Waals surface area (Å²) in [5.41, 5.74) is 1.30. The molecule has 98 valence electrons. The summed E-state index contributed by atoms with van der Waals surface area (Å²) in [5, 5.41) is 0. The molecule has 1 aromatic carbocycles. The number of para-hydroxylation sites is 1. The second-order valence-corrected chi connectivity index (χ2v) is 6.01. The van der Waals surface area contributed by atoms with Crippen molar-refractivity contribution in [1.82, 2.24) is 9.55 Å². The maximum absolute atomic E-state index is 13.7. The van der Waals surface area contributed by atoms with E-state index in [9.17, 15) is 4.39 Å². The third-order valence-corrected chi connectivity index (χ3v) is 4.68. The van der Waals surface area contributed by atoms with Gasteiger partial charge in [0, 0.05) is 9.75 Å². The van der Waals surface area contributed by atoms with Gasteiger partial charge in [-0.2, -0.15) is 0 Å². The highest BCUT2D eigenvalue weighted by Crippen LogP contribution is 2.22. The lowest BCUT2D eigenvalue weighted by Gasteiger charge is -2.02. The summed E-state index contributed by atoms with van der Waals surface area (Å²) in [5.74, 6) is -0.261. The maximum Gasteiger partial charge on any atom is 0.178 e. The monoisotopic (exact) mass is 292 g/mol. The predicted molar refractivity (Wildman–Crippen MR) is 79.9 cm³/mol. The van der Waals surface area contributed by atoms with Gasteiger partial charge in [0.1, 0.15) is 11.3 Å². The van der Waals surface area contributed by atoms with Gasteiger partial charge in [0.05, 0.1) is 12.1 Å². The second kappa shape index (κ2) is 4.90. The molecule has 2 nitrogen and oxygen atoms in total. The Balaban J connectivity index is 2.07. The number of nitrogens with zero attached hydrogens (tertiary/aromatic N) is 1. The van der Waals surface area contributed by atoms with Crippen molar-refractivity contribution in [2.45, 2.75) is 19.9 Å². The fourth-order valence-electron chi connectivity index (χ4n) is 2.16. The largest absolute Gasteiger partial charge is 0.328 e. The number of imidazole rings is 1. The van der Waals surface area contributed by atoms with E-state index in [-0.39, 0.29) is 5.82 Å². The average Bonchev–Trinajstić information content (AvgIpc) is 2.97. The van der Waals surface area contributed by atoms with Gasteiger partial charge >= 0.3 is 0 Å². The minimum absolute atomic E-state index is 0.261. The molecule has 0 aliphatic carbocycles. The summed E-state index contributed by atoms with van der Waals surface area (Å²) in [6.45, 7) is 2.83. The third-order valence-electron chi connectivity index (χ3n) is 3.14. The number of halogens is 1. The first-order chi connectivity index (χ1) is 9.19. The number of hydrogen-bond acceptors (Lipinski definition) is 2. The Kier molecular flexibility index (Phi) is 3.24. The number of fused-ring (bicyclic) bond motifs is 1. The predicted octanol–water partition coefficient (Wildman–Crippen LogP) is 4.51. The molecule has 3 aromatic rings. The minimum Gasteiger partial charge on any atom is -0.328 e. The van der Waals surface area contributed by atoms with E-state index in [0.29, 0.717) is 16.8 Å². The Bertz CT molecular complexity index is 782. The quantitative estimate of drug-likeness (QED) is 0.704. The van der Waals surface area contributed by atoms with Crippen molar-refractivity contribution >= 4 is 34.6 Å². The summed E-state index contributed by atoms with van der Waals surface area (Å²) in [4.78, 5) is 5.53. The number of aryl methyl sites for hydroxylation is 1. The molecule has 0 bridgehead atoms. The summed E-state index contributed by atoms with van der Waals surface area (Å²) < 4.78 is 16.2. The molecule has 3 rings (SSSR count). The molecule has 0 aliphatic rings. The highest BCUT2D eigenvalue weighted by molar-refractivity contribution is 7.71. The summed E-state index contributed by atoms with van der Waals surface area (Å²) in [7, 11) is 0.